The van der Waals surface area contributed by atoms with Crippen LogP contribution in [0, 0.1) is 6.92 Å². The van der Waals surface area contributed by atoms with Gasteiger partial charge in [0.1, 0.15) is 5.75 Å². The van der Waals surface area contributed by atoms with Gasteiger partial charge in [-0.2, -0.15) is 0 Å². The number of nitrogens with one attached hydrogen (secondary N) is 1. The van der Waals surface area contributed by atoms with Crippen molar-refractivity contribution in [2.75, 3.05) is 13.7 Å². The quantitative estimate of drug-likeness (QED) is 0.679. The van der Waals surface area contributed by atoms with Crippen LogP contribution in [-0.2, 0) is 0 Å². The van der Waals surface area contributed by atoms with Gasteiger partial charge in [0.15, 0.2) is 0 Å². The highest BCUT2D eigenvalue weighted by atomic mass is 16.5. The van der Waals surface area contributed by atoms with Gasteiger partial charge in [0, 0.05) is 6.04 Å². The predicted molar refractivity (Wildman–Crippen MR) is 84.3 cm³/mol. The lowest BCUT2D eigenvalue weighted by Crippen LogP contribution is -2.35. The van der Waals surface area contributed by atoms with Crippen molar-refractivity contribution in [3.8, 4) is 5.75 Å². The van der Waals surface area contributed by atoms with Crippen molar-refractivity contribution >= 4 is 0 Å². The third-order valence-corrected chi connectivity index (χ3v) is 3.77. The zero-order valence-corrected chi connectivity index (χ0v) is 13.3. The van der Waals surface area contributed by atoms with Crippen molar-refractivity contribution in [1.82, 2.24) is 5.32 Å². The largest absolute Gasteiger partial charge is 0.496 e. The minimum absolute atomic E-state index is 0.111. The number of unbranched alkanes of at least 4 members (excludes halogenated alkanes) is 2. The lowest BCUT2D eigenvalue weighted by Gasteiger charge is -2.24. The standard InChI is InChI=1S/C17H29NO2/c1-5-7-8-11-18-15(6-2)17(19)14-9-10-16(20-4)13(3)12-14/h9-10,12,15,17-19H,5-8,11H2,1-4H3. The lowest BCUT2D eigenvalue weighted by atomic mass is 9.98. The van der Waals surface area contributed by atoms with E-state index in [-0.39, 0.29) is 6.04 Å². The van der Waals surface area contributed by atoms with Crippen LogP contribution in [0.1, 0.15) is 56.8 Å². The predicted octanol–water partition coefficient (Wildman–Crippen LogP) is 3.60. The molecule has 2 N–H and O–H groups in total. The Morgan fingerprint density at radius 2 is 2.00 bits per heavy atom. The maximum atomic E-state index is 10.5. The van der Waals surface area contributed by atoms with E-state index in [1.807, 2.05) is 25.1 Å². The molecule has 114 valence electrons. The van der Waals surface area contributed by atoms with E-state index in [1.54, 1.807) is 7.11 Å². The van der Waals surface area contributed by atoms with Crippen LogP contribution >= 0.6 is 0 Å². The fourth-order valence-electron chi connectivity index (χ4n) is 2.46. The van der Waals surface area contributed by atoms with Crippen molar-refractivity contribution in [1.29, 1.82) is 0 Å². The number of ether oxygens (including phenoxy) is 1. The maximum absolute atomic E-state index is 10.5. The van der Waals surface area contributed by atoms with Crippen LogP contribution in [0.4, 0.5) is 0 Å². The van der Waals surface area contributed by atoms with Crippen LogP contribution in [0.15, 0.2) is 18.2 Å². The molecule has 0 saturated heterocycles. The van der Waals surface area contributed by atoms with Crippen LogP contribution in [0.5, 0.6) is 5.75 Å². The normalized spacial score (nSPS) is 14.1. The topological polar surface area (TPSA) is 41.5 Å². The summed E-state index contributed by atoms with van der Waals surface area (Å²) < 4.78 is 5.26. The van der Waals surface area contributed by atoms with Gasteiger partial charge in [0.2, 0.25) is 0 Å². The molecule has 1 aromatic carbocycles. The molecule has 3 nitrogen and oxygen atoms in total. The number of aliphatic hydroxyl groups excluding tert-OH is 1. The minimum Gasteiger partial charge on any atom is -0.496 e. The van der Waals surface area contributed by atoms with Gasteiger partial charge in [-0.15, -0.1) is 0 Å². The van der Waals surface area contributed by atoms with E-state index in [2.05, 4.69) is 19.2 Å². The summed E-state index contributed by atoms with van der Waals surface area (Å²) in [5, 5.41) is 14.0. The van der Waals surface area contributed by atoms with Gasteiger partial charge in [0.05, 0.1) is 13.2 Å². The first-order valence-corrected chi connectivity index (χ1v) is 7.70. The molecule has 0 bridgehead atoms. The Balaban J connectivity index is 2.65. The number of rotatable bonds is 9. The molecular formula is C17H29NO2. The third kappa shape index (κ3) is 4.80. The van der Waals surface area contributed by atoms with E-state index >= 15 is 0 Å². The zero-order chi connectivity index (χ0) is 15.0. The van der Waals surface area contributed by atoms with Gasteiger partial charge in [0.25, 0.3) is 0 Å². The highest BCUT2D eigenvalue weighted by Crippen LogP contribution is 2.25. The molecule has 0 spiro atoms. The molecule has 20 heavy (non-hydrogen) atoms. The number of methoxy groups -OCH3 is 1. The van der Waals surface area contributed by atoms with Crippen LogP contribution in [0.3, 0.4) is 0 Å². The van der Waals surface area contributed by atoms with Crippen LogP contribution in [0.2, 0.25) is 0 Å². The Labute approximate surface area is 123 Å². The Hall–Kier alpha value is -1.06. The van der Waals surface area contributed by atoms with E-state index in [0.29, 0.717) is 0 Å². The fourth-order valence-corrected chi connectivity index (χ4v) is 2.46. The monoisotopic (exact) mass is 279 g/mol. The first-order chi connectivity index (χ1) is 9.63. The van der Waals surface area contributed by atoms with Gasteiger partial charge in [-0.05, 0) is 49.6 Å². The van der Waals surface area contributed by atoms with Gasteiger partial charge in [-0.1, -0.05) is 32.8 Å². The van der Waals surface area contributed by atoms with Gasteiger partial charge in [-0.25, -0.2) is 0 Å². The number of hydrogen-bond acceptors (Lipinski definition) is 3. The maximum Gasteiger partial charge on any atom is 0.121 e. The van der Waals surface area contributed by atoms with Crippen LogP contribution in [0.25, 0.3) is 0 Å². The summed E-state index contributed by atoms with van der Waals surface area (Å²) in [7, 11) is 1.67. The van der Waals surface area contributed by atoms with Crippen molar-refractivity contribution in [3.63, 3.8) is 0 Å². The van der Waals surface area contributed by atoms with Crippen molar-refractivity contribution < 1.29 is 9.84 Å². The summed E-state index contributed by atoms with van der Waals surface area (Å²) in [6.07, 6.45) is 4.07. The molecule has 1 rings (SSSR count). The molecule has 0 aliphatic heterocycles. The number of hydrogen-bond donors (Lipinski definition) is 2. The average molecular weight is 279 g/mol. The average Bonchev–Trinajstić information content (AvgIpc) is 2.46. The molecule has 1 aromatic rings. The minimum atomic E-state index is -0.466. The van der Waals surface area contributed by atoms with Crippen molar-refractivity contribution in [2.24, 2.45) is 0 Å². The second kappa shape index (κ2) is 8.98. The van der Waals surface area contributed by atoms with Gasteiger partial charge >= 0.3 is 0 Å². The molecule has 0 fully saturated rings. The highest BCUT2D eigenvalue weighted by molar-refractivity contribution is 5.37. The van der Waals surface area contributed by atoms with Crippen LogP contribution in [-0.4, -0.2) is 24.8 Å². The molecule has 2 atom stereocenters. The molecule has 0 aromatic heterocycles. The molecule has 0 aliphatic rings. The van der Waals surface area contributed by atoms with E-state index < -0.39 is 6.10 Å². The highest BCUT2D eigenvalue weighted by Gasteiger charge is 2.19. The number of aliphatic hydroxyl groups is 1. The van der Waals surface area contributed by atoms with Crippen LogP contribution < -0.4 is 10.1 Å². The molecule has 3 heteroatoms. The summed E-state index contributed by atoms with van der Waals surface area (Å²) in [4.78, 5) is 0. The first kappa shape index (κ1) is 17.0. The van der Waals surface area contributed by atoms with E-state index in [1.165, 1.54) is 19.3 Å². The summed E-state index contributed by atoms with van der Waals surface area (Å²) in [6, 6.07) is 6.00. The SMILES string of the molecule is CCCCCNC(CC)C(O)c1ccc(OC)c(C)c1. The summed E-state index contributed by atoms with van der Waals surface area (Å²) in [5.74, 6) is 0.866. The Morgan fingerprint density at radius 1 is 1.25 bits per heavy atom. The molecule has 2 unspecified atom stereocenters. The molecule has 0 saturated carbocycles. The molecule has 0 aliphatic carbocycles. The number of benzene rings is 1. The van der Waals surface area contributed by atoms with E-state index in [0.717, 1.165) is 29.8 Å². The summed E-state index contributed by atoms with van der Waals surface area (Å²) in [5.41, 5.74) is 2.02. The molecule has 0 heterocycles. The summed E-state index contributed by atoms with van der Waals surface area (Å²) >= 11 is 0. The Morgan fingerprint density at radius 3 is 2.55 bits per heavy atom. The molecular weight excluding hydrogens is 250 g/mol. The smallest absolute Gasteiger partial charge is 0.121 e. The van der Waals surface area contributed by atoms with Gasteiger partial charge < -0.3 is 15.2 Å². The third-order valence-electron chi connectivity index (χ3n) is 3.77. The van der Waals surface area contributed by atoms with Gasteiger partial charge in [-0.3, -0.25) is 0 Å². The molecule has 0 radical (unpaired) electrons. The van der Waals surface area contributed by atoms with E-state index in [4.69, 9.17) is 4.74 Å². The Kier molecular flexibility index (Phi) is 7.63. The first-order valence-electron chi connectivity index (χ1n) is 7.70. The van der Waals surface area contributed by atoms with E-state index in [9.17, 15) is 5.11 Å². The van der Waals surface area contributed by atoms with Crippen molar-refractivity contribution in [3.05, 3.63) is 29.3 Å². The molecule has 0 amide bonds. The second-order valence-corrected chi connectivity index (χ2v) is 5.35. The van der Waals surface area contributed by atoms with Crippen molar-refractivity contribution in [2.45, 2.75) is 58.6 Å². The fraction of sp³-hybridized carbons (Fsp3) is 0.647. The number of aryl methyl sites for hydroxylation is 1. The Bertz CT molecular complexity index is 393. The second-order valence-electron chi connectivity index (χ2n) is 5.35. The zero-order valence-electron chi connectivity index (χ0n) is 13.3. The lowest BCUT2D eigenvalue weighted by molar-refractivity contribution is 0.126. The summed E-state index contributed by atoms with van der Waals surface area (Å²) in [6.45, 7) is 7.28.